The number of nitriles is 1. The zero-order valence-corrected chi connectivity index (χ0v) is 12.1. The number of hydrogen-bond donors (Lipinski definition) is 1. The highest BCUT2D eigenvalue weighted by molar-refractivity contribution is 7.13. The molecule has 1 aromatic carbocycles. The monoisotopic (exact) mass is 311 g/mol. The van der Waals surface area contributed by atoms with E-state index in [1.165, 1.54) is 17.4 Å². The normalized spacial score (nSPS) is 11.5. The number of thiazole rings is 1. The lowest BCUT2D eigenvalue weighted by Gasteiger charge is -2.11. The zero-order chi connectivity index (χ0) is 15.6. The third-order valence-corrected chi connectivity index (χ3v) is 3.59. The van der Waals surface area contributed by atoms with Crippen LogP contribution in [0.3, 0.4) is 0 Å². The standard InChI is InChI=1S/C14H12F3N3S/c1-8(2)12-7-21-13(20-12)19-10-4-3-9(6-18)11(5-10)14(15,16)17/h3-5,7-8H,1-2H3,(H,19,20). The average Bonchev–Trinajstić information content (AvgIpc) is 2.86. The van der Waals surface area contributed by atoms with Crippen molar-refractivity contribution >= 4 is 22.2 Å². The molecule has 0 aliphatic carbocycles. The van der Waals surface area contributed by atoms with E-state index in [-0.39, 0.29) is 11.6 Å². The number of nitrogens with one attached hydrogen (secondary N) is 1. The first-order valence-electron chi connectivity index (χ1n) is 6.15. The molecule has 1 N–H and O–H groups in total. The van der Waals surface area contributed by atoms with E-state index in [0.717, 1.165) is 17.8 Å². The maximum atomic E-state index is 12.9. The van der Waals surface area contributed by atoms with Crippen LogP contribution in [0.5, 0.6) is 0 Å². The van der Waals surface area contributed by atoms with Crippen molar-refractivity contribution in [3.63, 3.8) is 0 Å². The SMILES string of the molecule is CC(C)c1csc(Nc2ccc(C#N)c(C(F)(F)F)c2)n1. The summed E-state index contributed by atoms with van der Waals surface area (Å²) in [5, 5.41) is 14.0. The summed E-state index contributed by atoms with van der Waals surface area (Å²) < 4.78 is 38.6. The summed E-state index contributed by atoms with van der Waals surface area (Å²) in [4.78, 5) is 4.30. The fraction of sp³-hybridized carbons (Fsp3) is 0.286. The molecule has 7 heteroatoms. The highest BCUT2D eigenvalue weighted by Crippen LogP contribution is 2.34. The van der Waals surface area contributed by atoms with Crippen LogP contribution in [-0.4, -0.2) is 4.98 Å². The third-order valence-electron chi connectivity index (χ3n) is 2.81. The summed E-state index contributed by atoms with van der Waals surface area (Å²) in [5.74, 6) is 0.253. The first kappa shape index (κ1) is 15.3. The Morgan fingerprint density at radius 2 is 2.05 bits per heavy atom. The van der Waals surface area contributed by atoms with Crippen molar-refractivity contribution in [3.8, 4) is 6.07 Å². The Hall–Kier alpha value is -2.07. The summed E-state index contributed by atoms with van der Waals surface area (Å²) >= 11 is 1.33. The van der Waals surface area contributed by atoms with Gasteiger partial charge in [0.1, 0.15) is 0 Å². The number of rotatable bonds is 3. The van der Waals surface area contributed by atoms with Gasteiger partial charge in [0.15, 0.2) is 5.13 Å². The van der Waals surface area contributed by atoms with Gasteiger partial charge in [0.25, 0.3) is 0 Å². The summed E-state index contributed by atoms with van der Waals surface area (Å²) in [7, 11) is 0. The van der Waals surface area contributed by atoms with E-state index in [4.69, 9.17) is 5.26 Å². The van der Waals surface area contributed by atoms with Gasteiger partial charge in [-0.2, -0.15) is 18.4 Å². The number of benzene rings is 1. The minimum Gasteiger partial charge on any atom is -0.332 e. The van der Waals surface area contributed by atoms with E-state index >= 15 is 0 Å². The Morgan fingerprint density at radius 3 is 2.57 bits per heavy atom. The van der Waals surface area contributed by atoms with Gasteiger partial charge in [0, 0.05) is 11.1 Å². The number of nitrogens with zero attached hydrogens (tertiary/aromatic N) is 2. The molecule has 0 bridgehead atoms. The maximum Gasteiger partial charge on any atom is 0.417 e. The molecule has 0 unspecified atom stereocenters. The number of alkyl halides is 3. The van der Waals surface area contributed by atoms with E-state index in [2.05, 4.69) is 10.3 Å². The van der Waals surface area contributed by atoms with Crippen molar-refractivity contribution in [3.05, 3.63) is 40.4 Å². The number of anilines is 2. The Kier molecular flexibility index (Phi) is 4.19. The van der Waals surface area contributed by atoms with Crippen LogP contribution in [0.25, 0.3) is 0 Å². The lowest BCUT2D eigenvalue weighted by molar-refractivity contribution is -0.137. The Labute approximate surface area is 124 Å². The van der Waals surface area contributed by atoms with E-state index in [1.807, 2.05) is 19.2 Å². The smallest absolute Gasteiger partial charge is 0.332 e. The molecule has 0 spiro atoms. The molecule has 0 fully saturated rings. The van der Waals surface area contributed by atoms with Crippen molar-refractivity contribution < 1.29 is 13.2 Å². The predicted octanol–water partition coefficient (Wildman–Crippen LogP) is 4.90. The summed E-state index contributed by atoms with van der Waals surface area (Å²) in [6.45, 7) is 3.98. The molecule has 0 saturated heterocycles. The van der Waals surface area contributed by atoms with Crippen molar-refractivity contribution in [2.24, 2.45) is 0 Å². The highest BCUT2D eigenvalue weighted by atomic mass is 32.1. The van der Waals surface area contributed by atoms with Crippen molar-refractivity contribution in [2.45, 2.75) is 25.9 Å². The van der Waals surface area contributed by atoms with Crippen LogP contribution in [0.15, 0.2) is 23.6 Å². The second-order valence-corrected chi connectivity index (χ2v) is 5.59. The summed E-state index contributed by atoms with van der Waals surface area (Å²) in [6, 6.07) is 5.07. The molecule has 2 rings (SSSR count). The number of aromatic nitrogens is 1. The van der Waals surface area contributed by atoms with Gasteiger partial charge in [-0.05, 0) is 24.1 Å². The van der Waals surface area contributed by atoms with Crippen molar-refractivity contribution in [1.82, 2.24) is 4.98 Å². The topological polar surface area (TPSA) is 48.7 Å². The molecule has 0 amide bonds. The van der Waals surface area contributed by atoms with E-state index in [1.54, 1.807) is 6.07 Å². The molecule has 1 aromatic heterocycles. The van der Waals surface area contributed by atoms with E-state index in [0.29, 0.717) is 5.13 Å². The minimum atomic E-state index is -4.56. The molecule has 0 aliphatic heterocycles. The van der Waals surface area contributed by atoms with E-state index < -0.39 is 17.3 Å². The predicted molar refractivity (Wildman–Crippen MR) is 75.6 cm³/mol. The van der Waals surface area contributed by atoms with Gasteiger partial charge in [0.05, 0.1) is 22.9 Å². The fourth-order valence-corrected chi connectivity index (χ4v) is 2.58. The van der Waals surface area contributed by atoms with Gasteiger partial charge in [-0.1, -0.05) is 13.8 Å². The first-order chi connectivity index (χ1) is 9.81. The Morgan fingerprint density at radius 1 is 1.33 bits per heavy atom. The molecule has 0 atom stereocenters. The van der Waals surface area contributed by atoms with Crippen molar-refractivity contribution in [1.29, 1.82) is 5.26 Å². The molecule has 0 radical (unpaired) electrons. The van der Waals surface area contributed by atoms with Gasteiger partial charge in [-0.25, -0.2) is 4.98 Å². The van der Waals surface area contributed by atoms with Crippen molar-refractivity contribution in [2.75, 3.05) is 5.32 Å². The molecule has 0 saturated carbocycles. The van der Waals surface area contributed by atoms with Crippen LogP contribution in [0.1, 0.15) is 36.6 Å². The van der Waals surface area contributed by atoms with Gasteiger partial charge in [0.2, 0.25) is 0 Å². The van der Waals surface area contributed by atoms with Crippen LogP contribution >= 0.6 is 11.3 Å². The van der Waals surface area contributed by atoms with Gasteiger partial charge in [-0.15, -0.1) is 11.3 Å². The lowest BCUT2D eigenvalue weighted by atomic mass is 10.1. The second-order valence-electron chi connectivity index (χ2n) is 4.73. The quantitative estimate of drug-likeness (QED) is 0.877. The number of hydrogen-bond acceptors (Lipinski definition) is 4. The molecule has 2 aromatic rings. The summed E-state index contributed by atoms with van der Waals surface area (Å²) in [5.41, 5.74) is -0.205. The molecular weight excluding hydrogens is 299 g/mol. The van der Waals surface area contributed by atoms with Gasteiger partial charge < -0.3 is 5.32 Å². The van der Waals surface area contributed by atoms with Crippen LogP contribution < -0.4 is 5.32 Å². The zero-order valence-electron chi connectivity index (χ0n) is 11.3. The second kappa shape index (κ2) is 5.74. The molecular formula is C14H12F3N3S. The molecule has 3 nitrogen and oxygen atoms in total. The first-order valence-corrected chi connectivity index (χ1v) is 7.03. The highest BCUT2D eigenvalue weighted by Gasteiger charge is 2.33. The third kappa shape index (κ3) is 3.52. The number of halogens is 3. The van der Waals surface area contributed by atoms with Crippen LogP contribution in [0, 0.1) is 11.3 Å². The Balaban J connectivity index is 2.31. The minimum absolute atomic E-state index is 0.253. The summed E-state index contributed by atoms with van der Waals surface area (Å²) in [6.07, 6.45) is -4.56. The molecule has 0 aliphatic rings. The van der Waals surface area contributed by atoms with Crippen LogP contribution in [0.2, 0.25) is 0 Å². The van der Waals surface area contributed by atoms with Gasteiger partial charge in [-0.3, -0.25) is 0 Å². The van der Waals surface area contributed by atoms with Crippen LogP contribution in [0.4, 0.5) is 24.0 Å². The van der Waals surface area contributed by atoms with E-state index in [9.17, 15) is 13.2 Å². The largest absolute Gasteiger partial charge is 0.417 e. The fourth-order valence-electron chi connectivity index (χ4n) is 1.69. The lowest BCUT2D eigenvalue weighted by Crippen LogP contribution is -2.08. The Bertz CT molecular complexity index is 684. The average molecular weight is 311 g/mol. The van der Waals surface area contributed by atoms with Crippen LogP contribution in [-0.2, 0) is 6.18 Å². The maximum absolute atomic E-state index is 12.9. The molecule has 21 heavy (non-hydrogen) atoms. The van der Waals surface area contributed by atoms with Gasteiger partial charge >= 0.3 is 6.18 Å². The molecule has 1 heterocycles. The molecule has 110 valence electrons.